The molecular formula is C11H18NO2PS. The quantitative estimate of drug-likeness (QED) is 0.796. The van der Waals surface area contributed by atoms with Gasteiger partial charge < -0.3 is 14.4 Å². The summed E-state index contributed by atoms with van der Waals surface area (Å²) in [7, 11) is 3.20. The maximum Gasteiger partial charge on any atom is 0.204 e. The molecule has 0 bridgehead atoms. The Morgan fingerprint density at radius 2 is 1.81 bits per heavy atom. The van der Waals surface area contributed by atoms with Gasteiger partial charge in [0.2, 0.25) is 6.49 Å². The molecule has 1 aromatic carbocycles. The molecule has 0 aliphatic heterocycles. The third-order valence-corrected chi connectivity index (χ3v) is 6.42. The van der Waals surface area contributed by atoms with Crippen molar-refractivity contribution in [2.45, 2.75) is 19.3 Å². The molecule has 0 fully saturated rings. The Bertz CT molecular complexity index is 350. The molecule has 3 nitrogen and oxygen atoms in total. The van der Waals surface area contributed by atoms with Gasteiger partial charge in [0.05, 0.1) is 5.78 Å². The average molecular weight is 259 g/mol. The molecule has 1 unspecified atom stereocenters. The first-order valence-corrected chi connectivity index (χ1v) is 7.81. The highest BCUT2D eigenvalue weighted by Crippen LogP contribution is 2.50. The van der Waals surface area contributed by atoms with E-state index in [-0.39, 0.29) is 5.78 Å². The Hall–Kier alpha value is -0.250. The lowest BCUT2D eigenvalue weighted by Crippen LogP contribution is -2.26. The lowest BCUT2D eigenvalue weighted by molar-refractivity contribution is 0.322. The number of nitrogens with one attached hydrogen (secondary N) is 1. The van der Waals surface area contributed by atoms with Crippen LogP contribution in [0.5, 0.6) is 0 Å². The maximum absolute atomic E-state index is 5.35. The van der Waals surface area contributed by atoms with E-state index in [4.69, 9.17) is 20.9 Å². The van der Waals surface area contributed by atoms with E-state index in [9.17, 15) is 0 Å². The number of rotatable bonds is 6. The fourth-order valence-corrected chi connectivity index (χ4v) is 2.68. The standard InChI is InChI=1S/C11H18NO2PS/c1-10(15(16,13-2)14-3)12-9-11-7-5-4-6-8-11/h4-8,10,12H,9H2,1-3H3. The average Bonchev–Trinajstić information content (AvgIpc) is 2.36. The van der Waals surface area contributed by atoms with Crippen LogP contribution in [0.15, 0.2) is 30.3 Å². The molecule has 0 radical (unpaired) electrons. The van der Waals surface area contributed by atoms with Gasteiger partial charge in [0, 0.05) is 20.8 Å². The summed E-state index contributed by atoms with van der Waals surface area (Å²) in [5.41, 5.74) is 1.23. The minimum absolute atomic E-state index is 0.0395. The first-order chi connectivity index (χ1) is 7.62. The molecule has 1 aromatic rings. The summed E-state index contributed by atoms with van der Waals surface area (Å²) < 4.78 is 10.6. The summed E-state index contributed by atoms with van der Waals surface area (Å²) in [6.45, 7) is 0.581. The first-order valence-electron chi connectivity index (χ1n) is 5.11. The van der Waals surface area contributed by atoms with Gasteiger partial charge in [-0.2, -0.15) is 0 Å². The molecule has 1 atom stereocenters. The van der Waals surface area contributed by atoms with Crippen molar-refractivity contribution >= 4 is 18.3 Å². The van der Waals surface area contributed by atoms with E-state index in [1.54, 1.807) is 14.2 Å². The maximum atomic E-state index is 5.35. The van der Waals surface area contributed by atoms with Crippen LogP contribution < -0.4 is 5.32 Å². The molecule has 0 aliphatic rings. The zero-order valence-electron chi connectivity index (χ0n) is 9.84. The van der Waals surface area contributed by atoms with Crippen molar-refractivity contribution in [1.82, 2.24) is 5.32 Å². The Morgan fingerprint density at radius 3 is 2.31 bits per heavy atom. The fourth-order valence-electron chi connectivity index (χ4n) is 1.36. The molecule has 90 valence electrons. The Kier molecular flexibility index (Phi) is 5.59. The predicted molar refractivity (Wildman–Crippen MR) is 71.0 cm³/mol. The number of benzene rings is 1. The van der Waals surface area contributed by atoms with Gasteiger partial charge >= 0.3 is 0 Å². The van der Waals surface area contributed by atoms with E-state index in [0.29, 0.717) is 0 Å². The lowest BCUT2D eigenvalue weighted by atomic mass is 10.2. The van der Waals surface area contributed by atoms with Gasteiger partial charge in [-0.3, -0.25) is 0 Å². The van der Waals surface area contributed by atoms with Crippen LogP contribution in [-0.2, 0) is 27.4 Å². The fraction of sp³-hybridized carbons (Fsp3) is 0.455. The Morgan fingerprint density at radius 1 is 1.25 bits per heavy atom. The lowest BCUT2D eigenvalue weighted by Gasteiger charge is -2.25. The van der Waals surface area contributed by atoms with Crippen molar-refractivity contribution in [2.24, 2.45) is 0 Å². The van der Waals surface area contributed by atoms with Crippen LogP contribution >= 0.6 is 6.49 Å². The molecule has 0 saturated carbocycles. The van der Waals surface area contributed by atoms with Gasteiger partial charge in [0.1, 0.15) is 0 Å². The van der Waals surface area contributed by atoms with Gasteiger partial charge in [-0.15, -0.1) is 0 Å². The summed E-state index contributed by atoms with van der Waals surface area (Å²) >= 11 is 5.35. The van der Waals surface area contributed by atoms with Crippen LogP contribution in [-0.4, -0.2) is 20.0 Å². The first kappa shape index (κ1) is 13.8. The van der Waals surface area contributed by atoms with Crippen molar-refractivity contribution in [3.8, 4) is 0 Å². The van der Waals surface area contributed by atoms with Crippen LogP contribution in [0, 0.1) is 0 Å². The molecule has 0 aliphatic carbocycles. The molecule has 5 heteroatoms. The van der Waals surface area contributed by atoms with Crippen LogP contribution in [0.25, 0.3) is 0 Å². The van der Waals surface area contributed by atoms with Gasteiger partial charge in [-0.05, 0) is 24.3 Å². The van der Waals surface area contributed by atoms with Gasteiger partial charge in [0.15, 0.2) is 0 Å². The van der Waals surface area contributed by atoms with Crippen LogP contribution in [0.1, 0.15) is 12.5 Å². The summed E-state index contributed by atoms with van der Waals surface area (Å²) in [6, 6.07) is 10.2. The van der Waals surface area contributed by atoms with Crippen LogP contribution in [0.4, 0.5) is 0 Å². The highest BCUT2D eigenvalue weighted by molar-refractivity contribution is 8.10. The summed E-state index contributed by atoms with van der Waals surface area (Å²) in [4.78, 5) is 0. The summed E-state index contributed by atoms with van der Waals surface area (Å²) in [6.07, 6.45) is 0. The highest BCUT2D eigenvalue weighted by atomic mass is 32.5. The van der Waals surface area contributed by atoms with E-state index in [1.807, 2.05) is 25.1 Å². The predicted octanol–water partition coefficient (Wildman–Crippen LogP) is 2.72. The molecule has 0 spiro atoms. The van der Waals surface area contributed by atoms with E-state index in [0.717, 1.165) is 6.54 Å². The van der Waals surface area contributed by atoms with Crippen LogP contribution in [0.2, 0.25) is 0 Å². The Labute approximate surface area is 102 Å². The molecule has 1 N–H and O–H groups in total. The van der Waals surface area contributed by atoms with Crippen molar-refractivity contribution in [1.29, 1.82) is 0 Å². The molecule has 0 aromatic heterocycles. The topological polar surface area (TPSA) is 30.5 Å². The molecule has 0 amide bonds. The molecule has 1 rings (SSSR count). The third-order valence-electron chi connectivity index (χ3n) is 2.43. The van der Waals surface area contributed by atoms with E-state index < -0.39 is 6.49 Å². The Balaban J connectivity index is 2.53. The second-order valence-electron chi connectivity index (χ2n) is 3.45. The number of hydrogen-bond acceptors (Lipinski definition) is 4. The molecule has 0 heterocycles. The van der Waals surface area contributed by atoms with E-state index in [2.05, 4.69) is 17.4 Å². The summed E-state index contributed by atoms with van der Waals surface area (Å²) in [5, 5.41) is 3.34. The van der Waals surface area contributed by atoms with Gasteiger partial charge in [-0.1, -0.05) is 30.3 Å². The largest absolute Gasteiger partial charge is 0.332 e. The zero-order valence-corrected chi connectivity index (χ0v) is 11.6. The van der Waals surface area contributed by atoms with Crippen LogP contribution in [0.3, 0.4) is 0 Å². The SMILES string of the molecule is COP(=S)(OC)C(C)NCc1ccccc1. The smallest absolute Gasteiger partial charge is 0.204 e. The second-order valence-corrected chi connectivity index (χ2v) is 7.56. The monoisotopic (exact) mass is 259 g/mol. The highest BCUT2D eigenvalue weighted by Gasteiger charge is 2.23. The number of hydrogen-bond donors (Lipinski definition) is 1. The van der Waals surface area contributed by atoms with E-state index >= 15 is 0 Å². The van der Waals surface area contributed by atoms with Crippen molar-refractivity contribution in [2.75, 3.05) is 14.2 Å². The molecule has 0 saturated heterocycles. The minimum Gasteiger partial charge on any atom is -0.332 e. The van der Waals surface area contributed by atoms with Gasteiger partial charge in [-0.25, -0.2) is 0 Å². The molecular weight excluding hydrogens is 241 g/mol. The summed E-state index contributed by atoms with van der Waals surface area (Å²) in [5.74, 6) is 0.0395. The third kappa shape index (κ3) is 3.65. The molecule has 16 heavy (non-hydrogen) atoms. The van der Waals surface area contributed by atoms with Crippen molar-refractivity contribution < 1.29 is 9.05 Å². The van der Waals surface area contributed by atoms with Crippen molar-refractivity contribution in [3.05, 3.63) is 35.9 Å². The van der Waals surface area contributed by atoms with Crippen molar-refractivity contribution in [3.63, 3.8) is 0 Å². The van der Waals surface area contributed by atoms with E-state index in [1.165, 1.54) is 5.56 Å². The zero-order chi connectivity index (χ0) is 12.0. The normalized spacial score (nSPS) is 13.7. The second kappa shape index (κ2) is 6.48. The van der Waals surface area contributed by atoms with Gasteiger partial charge in [0.25, 0.3) is 0 Å². The minimum atomic E-state index is -2.19.